The summed E-state index contributed by atoms with van der Waals surface area (Å²) in [6.07, 6.45) is 2.45. The standard InChI is InChI=1S/C12H22N2O3/c1-8-10(5-6-16-8)14(2)12(15)11-4-3-9(7-13)17-11/h8-11H,3-7,13H2,1-2H3. The number of hydrogen-bond acceptors (Lipinski definition) is 4. The first-order valence-electron chi connectivity index (χ1n) is 6.37. The van der Waals surface area contributed by atoms with Gasteiger partial charge in [-0.15, -0.1) is 0 Å². The molecule has 0 aromatic heterocycles. The molecule has 5 nitrogen and oxygen atoms in total. The molecule has 0 bridgehead atoms. The fourth-order valence-corrected chi connectivity index (χ4v) is 2.68. The molecule has 2 rings (SSSR count). The van der Waals surface area contributed by atoms with Gasteiger partial charge in [-0.25, -0.2) is 0 Å². The van der Waals surface area contributed by atoms with Crippen LogP contribution >= 0.6 is 0 Å². The van der Waals surface area contributed by atoms with E-state index in [-0.39, 0.29) is 30.3 Å². The molecular weight excluding hydrogens is 220 g/mol. The van der Waals surface area contributed by atoms with Gasteiger partial charge in [0.2, 0.25) is 0 Å². The van der Waals surface area contributed by atoms with Gasteiger partial charge in [-0.3, -0.25) is 4.79 Å². The van der Waals surface area contributed by atoms with Crippen LogP contribution < -0.4 is 5.73 Å². The lowest BCUT2D eigenvalue weighted by Crippen LogP contribution is -2.46. The van der Waals surface area contributed by atoms with Crippen molar-refractivity contribution >= 4 is 5.91 Å². The lowest BCUT2D eigenvalue weighted by molar-refractivity contribution is -0.144. The molecule has 2 heterocycles. The lowest BCUT2D eigenvalue weighted by atomic mass is 10.1. The molecule has 5 heteroatoms. The number of carbonyl (C=O) groups excluding carboxylic acids is 1. The summed E-state index contributed by atoms with van der Waals surface area (Å²) >= 11 is 0. The van der Waals surface area contributed by atoms with E-state index in [1.54, 1.807) is 4.90 Å². The van der Waals surface area contributed by atoms with Crippen LogP contribution in [0.25, 0.3) is 0 Å². The second-order valence-electron chi connectivity index (χ2n) is 4.94. The molecule has 17 heavy (non-hydrogen) atoms. The van der Waals surface area contributed by atoms with Crippen LogP contribution in [0.1, 0.15) is 26.2 Å². The Labute approximate surface area is 102 Å². The van der Waals surface area contributed by atoms with Crippen LogP contribution in [0.5, 0.6) is 0 Å². The van der Waals surface area contributed by atoms with E-state index in [4.69, 9.17) is 15.2 Å². The minimum Gasteiger partial charge on any atom is -0.376 e. The number of amides is 1. The molecule has 0 aromatic carbocycles. The number of hydrogen-bond donors (Lipinski definition) is 1. The summed E-state index contributed by atoms with van der Waals surface area (Å²) in [6, 6.07) is 0.183. The molecule has 2 saturated heterocycles. The third-order valence-electron chi connectivity index (χ3n) is 3.83. The van der Waals surface area contributed by atoms with Crippen molar-refractivity contribution in [2.24, 2.45) is 5.73 Å². The molecule has 0 saturated carbocycles. The minimum atomic E-state index is -0.304. The molecule has 1 amide bonds. The topological polar surface area (TPSA) is 64.8 Å². The van der Waals surface area contributed by atoms with Crippen LogP contribution in [0.15, 0.2) is 0 Å². The summed E-state index contributed by atoms with van der Waals surface area (Å²) in [5.41, 5.74) is 5.55. The van der Waals surface area contributed by atoms with Crippen LogP contribution in [-0.2, 0) is 14.3 Å². The van der Waals surface area contributed by atoms with Crippen LogP contribution in [0.3, 0.4) is 0 Å². The van der Waals surface area contributed by atoms with E-state index in [1.807, 2.05) is 14.0 Å². The molecule has 2 fully saturated rings. The fourth-order valence-electron chi connectivity index (χ4n) is 2.68. The maximum atomic E-state index is 12.2. The number of nitrogens with zero attached hydrogens (tertiary/aromatic N) is 1. The third kappa shape index (κ3) is 2.61. The number of carbonyl (C=O) groups is 1. The number of rotatable bonds is 3. The van der Waals surface area contributed by atoms with Gasteiger partial charge in [0, 0.05) is 20.2 Å². The summed E-state index contributed by atoms with van der Waals surface area (Å²) in [4.78, 5) is 14.0. The molecule has 2 N–H and O–H groups in total. The van der Waals surface area contributed by atoms with E-state index in [2.05, 4.69) is 0 Å². The van der Waals surface area contributed by atoms with Gasteiger partial charge < -0.3 is 20.1 Å². The second kappa shape index (κ2) is 5.33. The molecular formula is C12H22N2O3. The summed E-state index contributed by atoms with van der Waals surface area (Å²) in [7, 11) is 1.84. The molecule has 2 aliphatic rings. The van der Waals surface area contributed by atoms with E-state index in [0.29, 0.717) is 6.54 Å². The molecule has 98 valence electrons. The molecule has 4 unspecified atom stereocenters. The summed E-state index contributed by atoms with van der Waals surface area (Å²) in [5, 5.41) is 0. The van der Waals surface area contributed by atoms with E-state index >= 15 is 0 Å². The zero-order chi connectivity index (χ0) is 12.4. The first-order chi connectivity index (χ1) is 8.13. The van der Waals surface area contributed by atoms with Crippen molar-refractivity contribution in [1.82, 2.24) is 4.90 Å². The zero-order valence-electron chi connectivity index (χ0n) is 10.6. The average molecular weight is 242 g/mol. The maximum Gasteiger partial charge on any atom is 0.251 e. The van der Waals surface area contributed by atoms with Crippen LogP contribution in [0.2, 0.25) is 0 Å². The van der Waals surface area contributed by atoms with Gasteiger partial charge in [-0.1, -0.05) is 0 Å². The zero-order valence-corrected chi connectivity index (χ0v) is 10.6. The van der Waals surface area contributed by atoms with Gasteiger partial charge in [0.1, 0.15) is 6.10 Å². The lowest BCUT2D eigenvalue weighted by Gasteiger charge is -2.29. The monoisotopic (exact) mass is 242 g/mol. The van der Waals surface area contributed by atoms with Gasteiger partial charge in [-0.2, -0.15) is 0 Å². The van der Waals surface area contributed by atoms with Gasteiger partial charge in [0.15, 0.2) is 0 Å². The van der Waals surface area contributed by atoms with Crippen molar-refractivity contribution in [2.45, 2.75) is 50.5 Å². The Morgan fingerprint density at radius 1 is 1.41 bits per heavy atom. The predicted molar refractivity (Wildman–Crippen MR) is 63.5 cm³/mol. The van der Waals surface area contributed by atoms with Gasteiger partial charge in [0.25, 0.3) is 5.91 Å². The summed E-state index contributed by atoms with van der Waals surface area (Å²) < 4.78 is 11.1. The highest BCUT2D eigenvalue weighted by atomic mass is 16.5. The molecule has 0 spiro atoms. The molecule has 2 aliphatic heterocycles. The van der Waals surface area contributed by atoms with Crippen molar-refractivity contribution in [1.29, 1.82) is 0 Å². The van der Waals surface area contributed by atoms with E-state index < -0.39 is 0 Å². The average Bonchev–Trinajstić information content (AvgIpc) is 2.95. The Morgan fingerprint density at radius 3 is 2.71 bits per heavy atom. The molecule has 0 aromatic rings. The quantitative estimate of drug-likeness (QED) is 0.764. The number of likely N-dealkylation sites (N-methyl/N-ethyl adjacent to an activating group) is 1. The van der Waals surface area contributed by atoms with Gasteiger partial charge in [0.05, 0.1) is 18.2 Å². The highest BCUT2D eigenvalue weighted by molar-refractivity contribution is 5.81. The highest BCUT2D eigenvalue weighted by Crippen LogP contribution is 2.24. The molecule has 4 atom stereocenters. The van der Waals surface area contributed by atoms with Crippen molar-refractivity contribution < 1.29 is 14.3 Å². The van der Waals surface area contributed by atoms with Crippen molar-refractivity contribution in [3.63, 3.8) is 0 Å². The summed E-state index contributed by atoms with van der Waals surface area (Å²) in [5.74, 6) is 0.0725. The Hall–Kier alpha value is -0.650. The first-order valence-corrected chi connectivity index (χ1v) is 6.37. The van der Waals surface area contributed by atoms with Gasteiger partial charge >= 0.3 is 0 Å². The smallest absolute Gasteiger partial charge is 0.251 e. The van der Waals surface area contributed by atoms with E-state index in [0.717, 1.165) is 25.9 Å². The first kappa shape index (κ1) is 12.8. The number of nitrogens with two attached hydrogens (primary N) is 1. The Kier molecular flexibility index (Phi) is 4.01. The highest BCUT2D eigenvalue weighted by Gasteiger charge is 2.37. The van der Waals surface area contributed by atoms with Gasteiger partial charge in [-0.05, 0) is 26.2 Å². The van der Waals surface area contributed by atoms with E-state index in [9.17, 15) is 4.79 Å². The van der Waals surface area contributed by atoms with Crippen LogP contribution in [0.4, 0.5) is 0 Å². The van der Waals surface area contributed by atoms with Crippen LogP contribution in [0, 0.1) is 0 Å². The third-order valence-corrected chi connectivity index (χ3v) is 3.83. The van der Waals surface area contributed by atoms with Crippen molar-refractivity contribution in [2.75, 3.05) is 20.2 Å². The largest absolute Gasteiger partial charge is 0.376 e. The minimum absolute atomic E-state index is 0.0506. The van der Waals surface area contributed by atoms with E-state index in [1.165, 1.54) is 0 Å². The van der Waals surface area contributed by atoms with Crippen molar-refractivity contribution in [3.8, 4) is 0 Å². The molecule has 0 aliphatic carbocycles. The maximum absolute atomic E-state index is 12.2. The molecule has 0 radical (unpaired) electrons. The Morgan fingerprint density at radius 2 is 2.18 bits per heavy atom. The second-order valence-corrected chi connectivity index (χ2v) is 4.94. The Balaban J connectivity index is 1.91. The normalized spacial score (nSPS) is 37.4. The summed E-state index contributed by atoms with van der Waals surface area (Å²) in [6.45, 7) is 3.25. The predicted octanol–water partition coefficient (Wildman–Crippen LogP) is 0.129. The SMILES string of the molecule is CC1OCCC1N(C)C(=O)C1CCC(CN)O1. The fraction of sp³-hybridized carbons (Fsp3) is 0.917. The van der Waals surface area contributed by atoms with Crippen LogP contribution in [-0.4, -0.2) is 55.4 Å². The Bertz CT molecular complexity index is 285. The number of ether oxygens (including phenoxy) is 2. The van der Waals surface area contributed by atoms with Crippen molar-refractivity contribution in [3.05, 3.63) is 0 Å².